The first-order chi connectivity index (χ1) is 8.01. The Morgan fingerprint density at radius 3 is 2.65 bits per heavy atom. The summed E-state index contributed by atoms with van der Waals surface area (Å²) in [5, 5.41) is 9.90. The summed E-state index contributed by atoms with van der Waals surface area (Å²) in [7, 11) is 0. The van der Waals surface area contributed by atoms with Crippen molar-refractivity contribution in [3.05, 3.63) is 5.89 Å². The molecule has 1 aromatic heterocycles. The number of nitrogens with zero attached hydrogens (tertiary/aromatic N) is 2. The second-order valence-corrected chi connectivity index (χ2v) is 4.61. The van der Waals surface area contributed by atoms with Gasteiger partial charge >= 0.3 is 6.01 Å². The van der Waals surface area contributed by atoms with Gasteiger partial charge in [-0.1, -0.05) is 18.9 Å². The molecule has 0 aliphatic carbocycles. The monoisotopic (exact) mass is 240 g/mol. The van der Waals surface area contributed by atoms with Gasteiger partial charge in [-0.3, -0.25) is 10.1 Å². The van der Waals surface area contributed by atoms with E-state index in [1.54, 1.807) is 6.92 Å². The molecular weight excluding hydrogens is 220 g/mol. The summed E-state index contributed by atoms with van der Waals surface area (Å²) in [4.78, 5) is 11.7. The Morgan fingerprint density at radius 1 is 1.47 bits per heavy atom. The molecular formula is C11H20N4O2. The molecule has 96 valence electrons. The van der Waals surface area contributed by atoms with Gasteiger partial charge in [0.2, 0.25) is 11.8 Å². The lowest BCUT2D eigenvalue weighted by Crippen LogP contribution is -2.23. The molecule has 0 aliphatic heterocycles. The molecule has 6 nitrogen and oxygen atoms in total. The van der Waals surface area contributed by atoms with E-state index < -0.39 is 0 Å². The quantitative estimate of drug-likeness (QED) is 0.782. The summed E-state index contributed by atoms with van der Waals surface area (Å²) in [5.41, 5.74) is 5.64. The molecule has 1 rings (SSSR count). The Hall–Kier alpha value is -1.43. The highest BCUT2D eigenvalue weighted by Crippen LogP contribution is 2.15. The normalized spacial score (nSPS) is 12.8. The van der Waals surface area contributed by atoms with Crippen LogP contribution in [-0.2, 0) is 4.79 Å². The molecule has 3 N–H and O–H groups in total. The third-order valence-electron chi connectivity index (χ3n) is 2.38. The molecule has 0 aromatic carbocycles. The lowest BCUT2D eigenvalue weighted by molar-refractivity contribution is -0.117. The van der Waals surface area contributed by atoms with Gasteiger partial charge in [0.05, 0.1) is 0 Å². The van der Waals surface area contributed by atoms with E-state index in [9.17, 15) is 4.79 Å². The smallest absolute Gasteiger partial charge is 0.322 e. The topological polar surface area (TPSA) is 94.0 Å². The first-order valence-electron chi connectivity index (χ1n) is 5.81. The van der Waals surface area contributed by atoms with Gasteiger partial charge in [-0.05, 0) is 24.8 Å². The molecule has 0 spiro atoms. The molecule has 0 bridgehead atoms. The number of hydrogen-bond acceptors (Lipinski definition) is 5. The van der Waals surface area contributed by atoms with E-state index in [-0.39, 0.29) is 17.8 Å². The fourth-order valence-electron chi connectivity index (χ4n) is 1.71. The molecule has 1 heterocycles. The maximum Gasteiger partial charge on any atom is 0.322 e. The lowest BCUT2D eigenvalue weighted by Gasteiger charge is -2.15. The van der Waals surface area contributed by atoms with Crippen LogP contribution in [0.4, 0.5) is 6.01 Å². The number of nitrogens with one attached hydrogen (secondary N) is 1. The van der Waals surface area contributed by atoms with Gasteiger partial charge in [-0.15, -0.1) is 5.10 Å². The lowest BCUT2D eigenvalue weighted by atomic mass is 9.94. The molecule has 6 heteroatoms. The zero-order valence-electron chi connectivity index (χ0n) is 10.6. The van der Waals surface area contributed by atoms with Gasteiger partial charge in [0, 0.05) is 13.3 Å². The number of carbonyl (C=O) groups excluding carboxylic acids is 1. The standard InChI is InChI=1S/C11H20N4O2/c1-7(2)4-9(6-12)5-10(16)13-11-15-14-8(3)17-11/h7,9H,4-6,12H2,1-3H3,(H,13,15,16). The van der Waals surface area contributed by atoms with E-state index in [0.717, 1.165) is 6.42 Å². The average molecular weight is 240 g/mol. The van der Waals surface area contributed by atoms with Crippen LogP contribution in [0.25, 0.3) is 0 Å². The summed E-state index contributed by atoms with van der Waals surface area (Å²) >= 11 is 0. The van der Waals surface area contributed by atoms with Crippen molar-refractivity contribution in [3.8, 4) is 0 Å². The van der Waals surface area contributed by atoms with Gasteiger partial charge in [0.15, 0.2) is 0 Å². The minimum atomic E-state index is -0.134. The minimum Gasteiger partial charge on any atom is -0.408 e. The molecule has 1 aromatic rings. The molecule has 0 saturated carbocycles. The van der Waals surface area contributed by atoms with Crippen molar-refractivity contribution in [2.24, 2.45) is 17.6 Å². The predicted molar refractivity (Wildman–Crippen MR) is 64.3 cm³/mol. The van der Waals surface area contributed by atoms with Crippen LogP contribution in [0.2, 0.25) is 0 Å². The maximum atomic E-state index is 11.7. The zero-order valence-corrected chi connectivity index (χ0v) is 10.6. The maximum absolute atomic E-state index is 11.7. The summed E-state index contributed by atoms with van der Waals surface area (Å²) < 4.78 is 5.07. The zero-order chi connectivity index (χ0) is 12.8. The highest BCUT2D eigenvalue weighted by molar-refractivity contribution is 5.88. The summed E-state index contributed by atoms with van der Waals surface area (Å²) in [5.74, 6) is 1.02. The molecule has 0 saturated heterocycles. The van der Waals surface area contributed by atoms with Crippen molar-refractivity contribution in [2.75, 3.05) is 11.9 Å². The highest BCUT2D eigenvalue weighted by Gasteiger charge is 2.15. The summed E-state index contributed by atoms with van der Waals surface area (Å²) in [6, 6.07) is 0.146. The fraction of sp³-hybridized carbons (Fsp3) is 0.727. The fourth-order valence-corrected chi connectivity index (χ4v) is 1.71. The molecule has 0 radical (unpaired) electrons. The van der Waals surface area contributed by atoms with Crippen LogP contribution in [0.15, 0.2) is 4.42 Å². The van der Waals surface area contributed by atoms with Gasteiger partial charge in [-0.2, -0.15) is 0 Å². The third kappa shape index (κ3) is 4.95. The van der Waals surface area contributed by atoms with Crippen LogP contribution >= 0.6 is 0 Å². The van der Waals surface area contributed by atoms with Crippen molar-refractivity contribution >= 4 is 11.9 Å². The van der Waals surface area contributed by atoms with E-state index in [1.165, 1.54) is 0 Å². The molecule has 1 amide bonds. The van der Waals surface area contributed by atoms with E-state index in [2.05, 4.69) is 29.4 Å². The summed E-state index contributed by atoms with van der Waals surface area (Å²) in [6.07, 6.45) is 1.32. The molecule has 0 aliphatic rings. The van der Waals surface area contributed by atoms with Crippen LogP contribution in [-0.4, -0.2) is 22.6 Å². The van der Waals surface area contributed by atoms with Gasteiger partial charge in [0.1, 0.15) is 0 Å². The number of rotatable bonds is 6. The van der Waals surface area contributed by atoms with Crippen molar-refractivity contribution in [3.63, 3.8) is 0 Å². The largest absolute Gasteiger partial charge is 0.408 e. The number of aryl methyl sites for hydroxylation is 1. The van der Waals surface area contributed by atoms with E-state index >= 15 is 0 Å². The predicted octanol–water partition coefficient (Wildman–Crippen LogP) is 1.33. The van der Waals surface area contributed by atoms with Crippen molar-refractivity contribution in [2.45, 2.75) is 33.6 Å². The SMILES string of the molecule is Cc1nnc(NC(=O)CC(CN)CC(C)C)o1. The van der Waals surface area contributed by atoms with E-state index in [4.69, 9.17) is 10.2 Å². The van der Waals surface area contributed by atoms with Crippen LogP contribution in [0, 0.1) is 18.8 Å². The van der Waals surface area contributed by atoms with Crippen molar-refractivity contribution in [1.82, 2.24) is 10.2 Å². The second kappa shape index (κ2) is 6.34. The van der Waals surface area contributed by atoms with Crippen molar-refractivity contribution in [1.29, 1.82) is 0 Å². The number of carbonyl (C=O) groups is 1. The highest BCUT2D eigenvalue weighted by atomic mass is 16.4. The van der Waals surface area contributed by atoms with Crippen LogP contribution in [0.1, 0.15) is 32.6 Å². The second-order valence-electron chi connectivity index (χ2n) is 4.61. The Labute approximate surface area is 101 Å². The third-order valence-corrected chi connectivity index (χ3v) is 2.38. The Morgan fingerprint density at radius 2 is 2.18 bits per heavy atom. The molecule has 17 heavy (non-hydrogen) atoms. The Bertz CT molecular complexity index is 362. The number of amides is 1. The van der Waals surface area contributed by atoms with Crippen molar-refractivity contribution < 1.29 is 9.21 Å². The van der Waals surface area contributed by atoms with Crippen LogP contribution in [0.5, 0.6) is 0 Å². The molecule has 1 unspecified atom stereocenters. The van der Waals surface area contributed by atoms with Crippen LogP contribution in [0.3, 0.4) is 0 Å². The number of anilines is 1. The summed E-state index contributed by atoms with van der Waals surface area (Å²) in [6.45, 7) is 6.41. The number of hydrogen-bond donors (Lipinski definition) is 2. The van der Waals surface area contributed by atoms with Gasteiger partial charge in [-0.25, -0.2) is 0 Å². The van der Waals surface area contributed by atoms with Gasteiger partial charge < -0.3 is 10.2 Å². The Kier molecular flexibility index (Phi) is 5.09. The molecule has 1 atom stereocenters. The number of nitrogens with two attached hydrogens (primary N) is 1. The minimum absolute atomic E-state index is 0.134. The Balaban J connectivity index is 2.42. The first kappa shape index (κ1) is 13.6. The van der Waals surface area contributed by atoms with Crippen LogP contribution < -0.4 is 11.1 Å². The van der Waals surface area contributed by atoms with E-state index in [0.29, 0.717) is 24.8 Å². The average Bonchev–Trinajstić information content (AvgIpc) is 2.62. The van der Waals surface area contributed by atoms with E-state index in [1.807, 2.05) is 0 Å². The molecule has 0 fully saturated rings. The van der Waals surface area contributed by atoms with Gasteiger partial charge in [0.25, 0.3) is 0 Å². The number of aromatic nitrogens is 2. The first-order valence-corrected chi connectivity index (χ1v) is 5.81.